The topological polar surface area (TPSA) is 56.7 Å². The zero-order valence-electron chi connectivity index (χ0n) is 14.2. The SMILES string of the molecule is Cc1ccc(C2(O)CCN(C(=O)[C@@H]3CCCCN3C)CC2)nc1. The number of aryl methyl sites for hydroxylation is 1. The fraction of sp³-hybridized carbons (Fsp3) is 0.667. The van der Waals surface area contributed by atoms with E-state index in [1.807, 2.05) is 31.0 Å². The van der Waals surface area contributed by atoms with Crippen LogP contribution in [-0.2, 0) is 10.4 Å². The second-order valence-corrected chi connectivity index (χ2v) is 7.07. The number of hydrogen-bond donors (Lipinski definition) is 1. The maximum absolute atomic E-state index is 12.7. The molecule has 0 aromatic carbocycles. The Morgan fingerprint density at radius 1 is 1.26 bits per heavy atom. The minimum atomic E-state index is -0.900. The Kier molecular flexibility index (Phi) is 4.69. The van der Waals surface area contributed by atoms with E-state index in [0.717, 1.165) is 30.6 Å². The van der Waals surface area contributed by atoms with Gasteiger partial charge < -0.3 is 10.0 Å². The highest BCUT2D eigenvalue weighted by molar-refractivity contribution is 5.82. The molecule has 1 aromatic heterocycles. The van der Waals surface area contributed by atoms with Crippen LogP contribution >= 0.6 is 0 Å². The molecule has 23 heavy (non-hydrogen) atoms. The first kappa shape index (κ1) is 16.4. The monoisotopic (exact) mass is 317 g/mol. The minimum absolute atomic E-state index is 0.0208. The van der Waals surface area contributed by atoms with Gasteiger partial charge >= 0.3 is 0 Å². The summed E-state index contributed by atoms with van der Waals surface area (Å²) in [5.74, 6) is 0.228. The molecule has 2 aliphatic heterocycles. The third-order valence-electron chi connectivity index (χ3n) is 5.35. The molecule has 0 unspecified atom stereocenters. The second-order valence-electron chi connectivity index (χ2n) is 7.07. The van der Waals surface area contributed by atoms with E-state index in [2.05, 4.69) is 9.88 Å². The van der Waals surface area contributed by atoms with Crippen molar-refractivity contribution in [3.63, 3.8) is 0 Å². The van der Waals surface area contributed by atoms with Gasteiger partial charge in [-0.05, 0) is 57.8 Å². The lowest BCUT2D eigenvalue weighted by Gasteiger charge is -2.41. The molecule has 1 amide bonds. The predicted octanol–water partition coefficient (Wildman–Crippen LogP) is 1.68. The summed E-state index contributed by atoms with van der Waals surface area (Å²) in [6, 6.07) is 3.91. The molecule has 1 atom stereocenters. The normalized spacial score (nSPS) is 25.3. The maximum Gasteiger partial charge on any atom is 0.239 e. The number of nitrogens with zero attached hydrogens (tertiary/aromatic N) is 3. The standard InChI is InChI=1S/C18H27N3O2/c1-14-6-7-16(19-13-14)18(23)8-11-21(12-9-18)17(22)15-5-3-4-10-20(15)2/h6-7,13,15,23H,3-5,8-12H2,1-2H3/t15-/m0/s1. The highest BCUT2D eigenvalue weighted by Crippen LogP contribution is 2.32. The molecule has 3 heterocycles. The molecule has 2 fully saturated rings. The fourth-order valence-corrected chi connectivity index (χ4v) is 3.69. The Morgan fingerprint density at radius 2 is 2.00 bits per heavy atom. The number of likely N-dealkylation sites (tertiary alicyclic amines) is 2. The first-order valence-electron chi connectivity index (χ1n) is 8.64. The zero-order valence-corrected chi connectivity index (χ0v) is 14.2. The van der Waals surface area contributed by atoms with Gasteiger partial charge in [-0.1, -0.05) is 12.5 Å². The Hall–Kier alpha value is -1.46. The molecule has 2 aliphatic rings. The van der Waals surface area contributed by atoms with Crippen LogP contribution in [0.5, 0.6) is 0 Å². The molecule has 2 saturated heterocycles. The number of carbonyl (C=O) groups is 1. The summed E-state index contributed by atoms with van der Waals surface area (Å²) in [6.07, 6.45) is 6.18. The lowest BCUT2D eigenvalue weighted by atomic mass is 9.87. The average molecular weight is 317 g/mol. The third kappa shape index (κ3) is 3.40. The molecule has 3 rings (SSSR count). The Labute approximate surface area is 138 Å². The van der Waals surface area contributed by atoms with Crippen molar-refractivity contribution in [1.29, 1.82) is 0 Å². The van der Waals surface area contributed by atoms with Gasteiger partial charge in [0.05, 0.1) is 11.7 Å². The van der Waals surface area contributed by atoms with Crippen molar-refractivity contribution in [2.45, 2.75) is 50.7 Å². The van der Waals surface area contributed by atoms with Crippen LogP contribution in [0.4, 0.5) is 0 Å². The summed E-state index contributed by atoms with van der Waals surface area (Å²) in [5.41, 5.74) is 0.915. The number of amides is 1. The van der Waals surface area contributed by atoms with Crippen LogP contribution in [0.15, 0.2) is 18.3 Å². The molecular formula is C18H27N3O2. The molecule has 5 heteroatoms. The number of pyridine rings is 1. The third-order valence-corrected chi connectivity index (χ3v) is 5.35. The lowest BCUT2D eigenvalue weighted by Crippen LogP contribution is -2.53. The van der Waals surface area contributed by atoms with E-state index in [4.69, 9.17) is 0 Å². The number of likely N-dealkylation sites (N-methyl/N-ethyl adjacent to an activating group) is 1. The van der Waals surface area contributed by atoms with Gasteiger partial charge in [0.15, 0.2) is 0 Å². The van der Waals surface area contributed by atoms with Crippen LogP contribution in [0.25, 0.3) is 0 Å². The van der Waals surface area contributed by atoms with E-state index < -0.39 is 5.60 Å². The van der Waals surface area contributed by atoms with Gasteiger partial charge in [0.25, 0.3) is 0 Å². The van der Waals surface area contributed by atoms with E-state index in [1.165, 1.54) is 6.42 Å². The Morgan fingerprint density at radius 3 is 2.61 bits per heavy atom. The summed E-state index contributed by atoms with van der Waals surface area (Å²) in [6.45, 7) is 4.20. The van der Waals surface area contributed by atoms with Gasteiger partial charge in [0.2, 0.25) is 5.91 Å². The van der Waals surface area contributed by atoms with Crippen LogP contribution in [0.3, 0.4) is 0 Å². The van der Waals surface area contributed by atoms with Crippen molar-refractivity contribution in [3.8, 4) is 0 Å². The van der Waals surface area contributed by atoms with Gasteiger partial charge in [0, 0.05) is 19.3 Å². The van der Waals surface area contributed by atoms with Crippen molar-refractivity contribution < 1.29 is 9.90 Å². The number of aliphatic hydroxyl groups is 1. The van der Waals surface area contributed by atoms with Gasteiger partial charge in [-0.2, -0.15) is 0 Å². The summed E-state index contributed by atoms with van der Waals surface area (Å²) >= 11 is 0. The maximum atomic E-state index is 12.7. The van der Waals surface area contributed by atoms with Crippen LogP contribution in [-0.4, -0.2) is 58.5 Å². The Bertz CT molecular complexity index is 550. The number of rotatable bonds is 2. The van der Waals surface area contributed by atoms with Crippen LogP contribution in [0.2, 0.25) is 0 Å². The van der Waals surface area contributed by atoms with E-state index >= 15 is 0 Å². The van der Waals surface area contributed by atoms with Crippen LogP contribution in [0, 0.1) is 6.92 Å². The largest absolute Gasteiger partial charge is 0.383 e. The molecular weight excluding hydrogens is 290 g/mol. The van der Waals surface area contributed by atoms with Crippen molar-refractivity contribution in [3.05, 3.63) is 29.6 Å². The zero-order chi connectivity index (χ0) is 16.4. The number of carbonyl (C=O) groups excluding carboxylic acids is 1. The van der Waals surface area contributed by atoms with Crippen molar-refractivity contribution in [2.24, 2.45) is 0 Å². The van der Waals surface area contributed by atoms with Crippen LogP contribution in [0.1, 0.15) is 43.4 Å². The van der Waals surface area contributed by atoms with Gasteiger partial charge in [-0.25, -0.2) is 0 Å². The lowest BCUT2D eigenvalue weighted by molar-refractivity contribution is -0.142. The van der Waals surface area contributed by atoms with E-state index in [9.17, 15) is 9.90 Å². The molecule has 0 spiro atoms. The quantitative estimate of drug-likeness (QED) is 0.902. The predicted molar refractivity (Wildman–Crippen MR) is 89.0 cm³/mol. The van der Waals surface area contributed by atoms with E-state index in [0.29, 0.717) is 25.9 Å². The van der Waals surface area contributed by atoms with Crippen molar-refractivity contribution in [1.82, 2.24) is 14.8 Å². The first-order valence-corrected chi connectivity index (χ1v) is 8.64. The summed E-state index contributed by atoms with van der Waals surface area (Å²) in [7, 11) is 2.04. The van der Waals surface area contributed by atoms with Gasteiger partial charge in [-0.3, -0.25) is 14.7 Å². The summed E-state index contributed by atoms with van der Waals surface area (Å²) in [5, 5.41) is 10.9. The molecule has 1 aromatic rings. The summed E-state index contributed by atoms with van der Waals surface area (Å²) in [4.78, 5) is 21.2. The Balaban J connectivity index is 1.63. The number of piperidine rings is 2. The molecule has 5 nitrogen and oxygen atoms in total. The number of aromatic nitrogens is 1. The molecule has 0 saturated carbocycles. The van der Waals surface area contributed by atoms with Crippen LogP contribution < -0.4 is 0 Å². The van der Waals surface area contributed by atoms with Gasteiger partial charge in [0.1, 0.15) is 5.60 Å². The van der Waals surface area contributed by atoms with Crippen molar-refractivity contribution >= 4 is 5.91 Å². The number of hydrogen-bond acceptors (Lipinski definition) is 4. The molecule has 1 N–H and O–H groups in total. The molecule has 0 radical (unpaired) electrons. The smallest absolute Gasteiger partial charge is 0.239 e. The highest BCUT2D eigenvalue weighted by atomic mass is 16.3. The van der Waals surface area contributed by atoms with E-state index in [1.54, 1.807) is 6.20 Å². The average Bonchev–Trinajstić information content (AvgIpc) is 2.56. The summed E-state index contributed by atoms with van der Waals surface area (Å²) < 4.78 is 0. The molecule has 126 valence electrons. The van der Waals surface area contributed by atoms with Gasteiger partial charge in [-0.15, -0.1) is 0 Å². The fourth-order valence-electron chi connectivity index (χ4n) is 3.69. The van der Waals surface area contributed by atoms with Crippen molar-refractivity contribution in [2.75, 3.05) is 26.7 Å². The molecule has 0 bridgehead atoms. The second kappa shape index (κ2) is 6.57. The van der Waals surface area contributed by atoms with E-state index in [-0.39, 0.29) is 11.9 Å². The highest BCUT2D eigenvalue weighted by Gasteiger charge is 2.38. The minimum Gasteiger partial charge on any atom is -0.383 e. The molecule has 0 aliphatic carbocycles. The first-order chi connectivity index (χ1) is 11.0.